The van der Waals surface area contributed by atoms with E-state index < -0.39 is 11.8 Å². The summed E-state index contributed by atoms with van der Waals surface area (Å²) in [5.41, 5.74) is 8.33. The predicted molar refractivity (Wildman–Crippen MR) is 103 cm³/mol. The monoisotopic (exact) mass is 356 g/mol. The van der Waals surface area contributed by atoms with Crippen LogP contribution in [0.2, 0.25) is 0 Å². The van der Waals surface area contributed by atoms with Gasteiger partial charge in [-0.25, -0.2) is 0 Å². The maximum Gasteiger partial charge on any atom is 0.328 e. The minimum atomic E-state index is -0.839. The molecule has 0 saturated carbocycles. The summed E-state index contributed by atoms with van der Waals surface area (Å²) in [5, 5.41) is 5.68. The van der Waals surface area contributed by atoms with Crippen LogP contribution in [0.5, 0.6) is 0 Å². The van der Waals surface area contributed by atoms with Crippen molar-refractivity contribution in [3.8, 4) is 0 Å². The second-order valence-corrected chi connectivity index (χ2v) is 5.77. The number of hydrazine groups is 1. The smallest absolute Gasteiger partial charge is 0.328 e. The van der Waals surface area contributed by atoms with Gasteiger partial charge in [-0.2, -0.15) is 0 Å². The molecule has 2 aromatic carbocycles. The molecule has 0 saturated heterocycles. The highest BCUT2D eigenvalue weighted by Crippen LogP contribution is 2.15. The van der Waals surface area contributed by atoms with E-state index in [2.05, 4.69) is 21.5 Å². The first kappa shape index (κ1) is 18.4. The Balaban J connectivity index is 1.83. The van der Waals surface area contributed by atoms with Crippen molar-refractivity contribution >= 4 is 40.5 Å². The molecule has 7 heteroatoms. The molecule has 130 valence electrons. The number of thiocarbonyl (C=S) groups is 1. The molecule has 0 bridgehead atoms. The summed E-state index contributed by atoms with van der Waals surface area (Å²) in [6, 6.07) is 14.8. The molecule has 4 N–H and O–H groups in total. The number of aryl methyl sites for hydroxylation is 2. The molecule has 0 aromatic heterocycles. The van der Waals surface area contributed by atoms with Gasteiger partial charge in [0.05, 0.1) is 0 Å². The second-order valence-electron chi connectivity index (χ2n) is 5.36. The number of carbonyl (C=O) groups is 2. The van der Waals surface area contributed by atoms with Crippen molar-refractivity contribution in [2.24, 2.45) is 0 Å². The molecule has 0 atom stereocenters. The summed E-state index contributed by atoms with van der Waals surface area (Å²) in [6.07, 6.45) is 0.844. The maximum absolute atomic E-state index is 11.8. The Morgan fingerprint density at radius 3 is 2.28 bits per heavy atom. The number of anilines is 2. The molecule has 6 nitrogen and oxygen atoms in total. The van der Waals surface area contributed by atoms with Crippen molar-refractivity contribution in [3.05, 3.63) is 59.7 Å². The molecular formula is C18H20N4O2S. The van der Waals surface area contributed by atoms with Crippen molar-refractivity contribution in [1.82, 2.24) is 10.9 Å². The van der Waals surface area contributed by atoms with Crippen molar-refractivity contribution < 1.29 is 9.59 Å². The second kappa shape index (κ2) is 8.79. The largest absolute Gasteiger partial charge is 0.331 e. The zero-order valence-electron chi connectivity index (χ0n) is 14.1. The fourth-order valence-corrected chi connectivity index (χ4v) is 2.26. The molecule has 0 heterocycles. The van der Waals surface area contributed by atoms with Gasteiger partial charge in [-0.05, 0) is 49.3 Å². The number of hydrogen-bond acceptors (Lipinski definition) is 3. The summed E-state index contributed by atoms with van der Waals surface area (Å²) in [7, 11) is 0. The van der Waals surface area contributed by atoms with E-state index in [1.165, 1.54) is 0 Å². The lowest BCUT2D eigenvalue weighted by Gasteiger charge is -2.13. The van der Waals surface area contributed by atoms with Crippen LogP contribution >= 0.6 is 12.2 Å². The van der Waals surface area contributed by atoms with Crippen LogP contribution in [0.3, 0.4) is 0 Å². The molecule has 0 radical (unpaired) electrons. The van der Waals surface area contributed by atoms with Gasteiger partial charge in [0, 0.05) is 11.4 Å². The predicted octanol–water partition coefficient (Wildman–Crippen LogP) is 2.51. The highest BCUT2D eigenvalue weighted by Gasteiger charge is 2.14. The van der Waals surface area contributed by atoms with E-state index in [1.54, 1.807) is 12.1 Å². The number of hydrogen-bond donors (Lipinski definition) is 4. The van der Waals surface area contributed by atoms with E-state index >= 15 is 0 Å². The molecule has 2 rings (SSSR count). The van der Waals surface area contributed by atoms with Crippen LogP contribution in [0.25, 0.3) is 0 Å². The Hall–Kier alpha value is -2.93. The normalized spacial score (nSPS) is 9.84. The van der Waals surface area contributed by atoms with Crippen LogP contribution in [0, 0.1) is 6.92 Å². The van der Waals surface area contributed by atoms with Crippen LogP contribution in [-0.4, -0.2) is 16.9 Å². The average Bonchev–Trinajstić information content (AvgIpc) is 2.62. The maximum atomic E-state index is 11.8. The van der Waals surface area contributed by atoms with Crippen LogP contribution in [0.15, 0.2) is 48.5 Å². The number of carbonyl (C=O) groups excluding carboxylic acids is 2. The Morgan fingerprint density at radius 1 is 0.920 bits per heavy atom. The quantitative estimate of drug-likeness (QED) is 0.386. The van der Waals surface area contributed by atoms with Crippen molar-refractivity contribution in [1.29, 1.82) is 0 Å². The van der Waals surface area contributed by atoms with Crippen LogP contribution in [0.1, 0.15) is 18.1 Å². The van der Waals surface area contributed by atoms with E-state index in [0.717, 1.165) is 23.2 Å². The topological polar surface area (TPSA) is 82.3 Å². The Labute approximate surface area is 152 Å². The third-order valence-electron chi connectivity index (χ3n) is 3.45. The van der Waals surface area contributed by atoms with Crippen LogP contribution < -0.4 is 21.5 Å². The van der Waals surface area contributed by atoms with Crippen molar-refractivity contribution in [2.45, 2.75) is 20.3 Å². The number of benzene rings is 2. The third kappa shape index (κ3) is 5.58. The molecule has 0 aliphatic heterocycles. The molecular weight excluding hydrogens is 336 g/mol. The molecule has 0 aliphatic rings. The summed E-state index contributed by atoms with van der Waals surface area (Å²) in [4.78, 5) is 23.7. The minimum absolute atomic E-state index is 0.192. The lowest BCUT2D eigenvalue weighted by molar-refractivity contribution is -0.136. The molecule has 0 fully saturated rings. The van der Waals surface area contributed by atoms with Crippen molar-refractivity contribution in [2.75, 3.05) is 10.6 Å². The zero-order valence-corrected chi connectivity index (χ0v) is 14.9. The molecule has 0 spiro atoms. The number of amides is 2. The van der Waals surface area contributed by atoms with Gasteiger partial charge < -0.3 is 10.6 Å². The van der Waals surface area contributed by atoms with E-state index in [-0.39, 0.29) is 5.11 Å². The first-order chi connectivity index (χ1) is 12.0. The molecule has 0 unspecified atom stereocenters. The summed E-state index contributed by atoms with van der Waals surface area (Å²) in [6.45, 7) is 3.97. The molecule has 0 aliphatic carbocycles. The van der Waals surface area contributed by atoms with Gasteiger partial charge in [-0.1, -0.05) is 42.8 Å². The number of para-hydroxylation sites is 1. The molecule has 2 amide bonds. The van der Waals surface area contributed by atoms with E-state index in [0.29, 0.717) is 5.69 Å². The van der Waals surface area contributed by atoms with Crippen LogP contribution in [-0.2, 0) is 16.0 Å². The highest BCUT2D eigenvalue weighted by molar-refractivity contribution is 7.80. The highest BCUT2D eigenvalue weighted by atomic mass is 32.1. The van der Waals surface area contributed by atoms with Gasteiger partial charge in [-0.15, -0.1) is 0 Å². The zero-order chi connectivity index (χ0) is 18.2. The number of rotatable bonds is 3. The fourth-order valence-electron chi connectivity index (χ4n) is 2.10. The standard InChI is InChI=1S/C18H20N4O2S/c1-3-13-6-4-5-7-15(13)20-18(25)22-21-17(24)16(23)19-14-10-8-12(2)9-11-14/h4-11H,3H2,1-2H3,(H,19,23)(H,21,24)(H2,20,22,25). The van der Waals surface area contributed by atoms with Gasteiger partial charge in [0.1, 0.15) is 0 Å². The van der Waals surface area contributed by atoms with Crippen LogP contribution in [0.4, 0.5) is 11.4 Å². The Morgan fingerprint density at radius 2 is 1.60 bits per heavy atom. The van der Waals surface area contributed by atoms with Crippen molar-refractivity contribution in [3.63, 3.8) is 0 Å². The van der Waals surface area contributed by atoms with Gasteiger partial charge in [0.2, 0.25) is 0 Å². The fraction of sp³-hybridized carbons (Fsp3) is 0.167. The lowest BCUT2D eigenvalue weighted by atomic mass is 10.1. The Bertz CT molecular complexity index is 775. The summed E-state index contributed by atoms with van der Waals surface area (Å²) < 4.78 is 0. The van der Waals surface area contributed by atoms with E-state index in [9.17, 15) is 9.59 Å². The lowest BCUT2D eigenvalue weighted by Crippen LogP contribution is -2.48. The van der Waals surface area contributed by atoms with Gasteiger partial charge in [-0.3, -0.25) is 20.4 Å². The third-order valence-corrected chi connectivity index (χ3v) is 3.66. The molecule has 2 aromatic rings. The van der Waals surface area contributed by atoms with Gasteiger partial charge in [0.15, 0.2) is 5.11 Å². The summed E-state index contributed by atoms with van der Waals surface area (Å²) >= 11 is 5.12. The first-order valence-corrected chi connectivity index (χ1v) is 8.23. The van der Waals surface area contributed by atoms with E-state index in [1.807, 2.05) is 50.2 Å². The summed E-state index contributed by atoms with van der Waals surface area (Å²) in [5.74, 6) is -1.62. The Kier molecular flexibility index (Phi) is 6.47. The van der Waals surface area contributed by atoms with E-state index in [4.69, 9.17) is 12.2 Å². The average molecular weight is 356 g/mol. The van der Waals surface area contributed by atoms with Gasteiger partial charge in [0.25, 0.3) is 0 Å². The SMILES string of the molecule is CCc1ccccc1NC(=S)NNC(=O)C(=O)Nc1ccc(C)cc1. The minimum Gasteiger partial charge on any atom is -0.331 e. The number of nitrogens with one attached hydrogen (secondary N) is 4. The molecule has 25 heavy (non-hydrogen) atoms. The first-order valence-electron chi connectivity index (χ1n) is 7.82. The van der Waals surface area contributed by atoms with Gasteiger partial charge >= 0.3 is 11.8 Å².